The summed E-state index contributed by atoms with van der Waals surface area (Å²) in [5, 5.41) is 1.02. The van der Waals surface area contributed by atoms with Gasteiger partial charge in [-0.1, -0.05) is 0 Å². The predicted octanol–water partition coefficient (Wildman–Crippen LogP) is 10.4. The van der Waals surface area contributed by atoms with Crippen molar-refractivity contribution in [2.75, 3.05) is 28.4 Å². The Morgan fingerprint density at radius 3 is 1.01 bits per heavy atom. The van der Waals surface area contributed by atoms with E-state index in [2.05, 4.69) is 0 Å². The molecule has 2 aliphatic heterocycles. The molecule has 358 valence electrons. The van der Waals surface area contributed by atoms with E-state index in [1.807, 2.05) is 0 Å². The average molecular weight is 975 g/mol. The van der Waals surface area contributed by atoms with Crippen LogP contribution in [0, 0.1) is 69.2 Å². The number of rotatable bonds is 11. The highest BCUT2D eigenvalue weighted by atomic mass is 31.2. The minimum atomic E-state index is -4.41. The molecule has 16 heteroatoms. The number of hydrogen-bond acceptors (Lipinski definition) is 10. The van der Waals surface area contributed by atoms with Crippen molar-refractivity contribution in [3.63, 3.8) is 0 Å². The van der Waals surface area contributed by atoms with Crippen molar-refractivity contribution in [2.45, 2.75) is 81.8 Å². The van der Waals surface area contributed by atoms with Gasteiger partial charge in [-0.3, -0.25) is 0 Å². The fourth-order valence-electron chi connectivity index (χ4n) is 10.0. The molecule has 0 fully saturated rings. The Bertz CT molecular complexity index is 3000. The van der Waals surface area contributed by atoms with Crippen molar-refractivity contribution < 1.29 is 64.6 Å². The SMILES string of the molecule is COc1c(C)cc(P(=O)(c2cc(C)c(OC)c(C)c2)c2cc(-c3c(P(=O)(c4cc(C)c(OC)c(C)c4)c4cc(C)c(OC)c(C)c4)cc(C)c4c3OC(F)(F)O4)c3c(c2C)OC(F)(F)O3)cc1C. The summed E-state index contributed by atoms with van der Waals surface area (Å²) in [6, 6.07) is 16.4. The molecule has 0 saturated carbocycles. The Balaban J connectivity index is 1.59. The number of methoxy groups -OCH3 is 4. The minimum Gasteiger partial charge on any atom is -0.496 e. The van der Waals surface area contributed by atoms with E-state index in [1.54, 1.807) is 104 Å². The van der Waals surface area contributed by atoms with Gasteiger partial charge in [0.2, 0.25) is 0 Å². The Morgan fingerprint density at radius 1 is 0.382 bits per heavy atom. The number of hydrogen-bond donors (Lipinski definition) is 0. The Kier molecular flexibility index (Phi) is 12.0. The molecule has 6 aromatic carbocycles. The largest absolute Gasteiger partial charge is 0.586 e. The number of fused-ring (bicyclic) bond motifs is 2. The maximum atomic E-state index is 17.2. The molecule has 0 N–H and O–H groups in total. The van der Waals surface area contributed by atoms with Crippen LogP contribution in [-0.2, 0) is 9.13 Å². The molecule has 2 aliphatic rings. The van der Waals surface area contributed by atoms with Crippen LogP contribution in [-0.4, -0.2) is 41.0 Å². The predicted molar refractivity (Wildman–Crippen MR) is 257 cm³/mol. The lowest BCUT2D eigenvalue weighted by Gasteiger charge is -2.28. The second-order valence-corrected chi connectivity index (χ2v) is 22.9. The van der Waals surface area contributed by atoms with Gasteiger partial charge in [-0.2, -0.15) is 0 Å². The van der Waals surface area contributed by atoms with Gasteiger partial charge in [0.25, 0.3) is 0 Å². The fraction of sp³-hybridized carbons (Fsp3) is 0.308. The number of benzene rings is 6. The summed E-state index contributed by atoms with van der Waals surface area (Å²) in [5.74, 6) is 0.0135. The first-order valence-electron chi connectivity index (χ1n) is 21.6. The van der Waals surface area contributed by atoms with Crippen molar-refractivity contribution >= 4 is 46.1 Å². The third-order valence-electron chi connectivity index (χ3n) is 12.7. The van der Waals surface area contributed by atoms with E-state index >= 15 is 26.7 Å². The van der Waals surface area contributed by atoms with Crippen LogP contribution in [0.5, 0.6) is 46.0 Å². The van der Waals surface area contributed by atoms with Crippen LogP contribution in [0.4, 0.5) is 17.6 Å². The van der Waals surface area contributed by atoms with Crippen LogP contribution >= 0.6 is 14.3 Å². The van der Waals surface area contributed by atoms with E-state index in [-0.39, 0.29) is 43.5 Å². The summed E-state index contributed by atoms with van der Waals surface area (Å²) in [7, 11) is -2.62. The zero-order chi connectivity index (χ0) is 49.7. The average Bonchev–Trinajstić information content (AvgIpc) is 3.77. The molecule has 8 rings (SSSR count). The highest BCUT2D eigenvalue weighted by Crippen LogP contribution is 2.60. The first kappa shape index (κ1) is 48.4. The van der Waals surface area contributed by atoms with Crippen LogP contribution in [0.2, 0.25) is 0 Å². The van der Waals surface area contributed by atoms with Crippen molar-refractivity contribution in [3.8, 4) is 57.1 Å². The zero-order valence-electron chi connectivity index (χ0n) is 40.3. The van der Waals surface area contributed by atoms with E-state index in [1.165, 1.54) is 54.4 Å². The summed E-state index contributed by atoms with van der Waals surface area (Å²) in [6.45, 7) is 17.3. The van der Waals surface area contributed by atoms with E-state index < -0.39 is 49.9 Å². The number of ether oxygens (including phenoxy) is 8. The van der Waals surface area contributed by atoms with Gasteiger partial charge in [0, 0.05) is 48.5 Å². The molecule has 0 bridgehead atoms. The van der Waals surface area contributed by atoms with Gasteiger partial charge < -0.3 is 47.0 Å². The molecule has 2 heterocycles. The fourth-order valence-corrected chi connectivity index (χ4v) is 16.5. The van der Waals surface area contributed by atoms with E-state index in [0.717, 1.165) is 0 Å². The highest BCUT2D eigenvalue weighted by molar-refractivity contribution is 7.86. The number of aryl methyl sites for hydroxylation is 9. The molecule has 0 saturated heterocycles. The zero-order valence-corrected chi connectivity index (χ0v) is 42.1. The van der Waals surface area contributed by atoms with Gasteiger partial charge >= 0.3 is 12.6 Å². The Morgan fingerprint density at radius 2 is 0.676 bits per heavy atom. The molecule has 10 nitrogen and oxygen atoms in total. The lowest BCUT2D eigenvalue weighted by Crippen LogP contribution is -2.30. The lowest BCUT2D eigenvalue weighted by atomic mass is 9.98. The molecule has 6 aromatic rings. The normalized spacial score (nSPS) is 14.6. The molecule has 0 spiro atoms. The molecule has 68 heavy (non-hydrogen) atoms. The molecule has 0 amide bonds. The summed E-state index contributed by atoms with van der Waals surface area (Å²) < 4.78 is 141. The van der Waals surface area contributed by atoms with Crippen molar-refractivity contribution in [1.29, 1.82) is 0 Å². The second-order valence-electron chi connectivity index (χ2n) is 17.5. The lowest BCUT2D eigenvalue weighted by molar-refractivity contribution is -0.288. The summed E-state index contributed by atoms with van der Waals surface area (Å²) in [5.41, 5.74) is 4.46. The molecule has 0 aliphatic carbocycles. The molecular weight excluding hydrogens is 923 g/mol. The maximum absolute atomic E-state index is 17.2. The molecular formula is C52H52F4O10P2. The Hall–Kier alpha value is -6.10. The number of halogens is 4. The summed E-state index contributed by atoms with van der Waals surface area (Å²) >= 11 is 0. The van der Waals surface area contributed by atoms with Crippen LogP contribution in [0.15, 0.2) is 60.7 Å². The quantitative estimate of drug-likeness (QED) is 0.0920. The third kappa shape index (κ3) is 7.55. The highest BCUT2D eigenvalue weighted by Gasteiger charge is 2.52. The van der Waals surface area contributed by atoms with Crippen molar-refractivity contribution in [1.82, 2.24) is 0 Å². The van der Waals surface area contributed by atoms with Crippen molar-refractivity contribution in [3.05, 3.63) is 116 Å². The summed E-state index contributed by atoms with van der Waals surface area (Å²) in [6.07, 6.45) is -8.55. The van der Waals surface area contributed by atoms with Crippen molar-refractivity contribution in [2.24, 2.45) is 0 Å². The number of alkyl halides is 4. The van der Waals surface area contributed by atoms with Crippen LogP contribution in [0.25, 0.3) is 11.1 Å². The van der Waals surface area contributed by atoms with Gasteiger partial charge in [0.1, 0.15) is 23.0 Å². The van der Waals surface area contributed by atoms with E-state index in [0.29, 0.717) is 78.1 Å². The summed E-state index contributed by atoms with van der Waals surface area (Å²) in [4.78, 5) is 0. The molecule has 0 atom stereocenters. The van der Waals surface area contributed by atoms with Gasteiger partial charge in [-0.25, -0.2) is 0 Å². The first-order chi connectivity index (χ1) is 31.8. The van der Waals surface area contributed by atoms with Crippen LogP contribution < -0.4 is 69.7 Å². The minimum absolute atomic E-state index is 0.00598. The van der Waals surface area contributed by atoms with Gasteiger partial charge in [-0.05, 0) is 180 Å². The standard InChI is InChI=1S/C52H52F4O10P2/c1-25-15-35(16-26(2)43(25)59-11)67(57,36-17-27(3)44(60-12)28(4)18-36)40-24-39(49-48(34(40)10)64-52(55,56)65-49)42-41(23-33(9)47-50(42)66-51(53,54)63-47)68(58,37-19-29(5)45(61-13)30(6)20-37)38-21-31(7)46(62-14)32(8)22-38/h15-24H,1-14H3. The smallest absolute Gasteiger partial charge is 0.496 e. The second kappa shape index (κ2) is 16.8. The van der Waals surface area contributed by atoms with Gasteiger partial charge in [0.15, 0.2) is 37.3 Å². The molecule has 0 aromatic heterocycles. The Labute approximate surface area is 393 Å². The van der Waals surface area contributed by atoms with Gasteiger partial charge in [0.05, 0.1) is 28.4 Å². The first-order valence-corrected chi connectivity index (χ1v) is 25.0. The van der Waals surface area contributed by atoms with Crippen LogP contribution in [0.1, 0.15) is 55.6 Å². The molecule has 0 radical (unpaired) electrons. The van der Waals surface area contributed by atoms with E-state index in [4.69, 9.17) is 37.9 Å². The van der Waals surface area contributed by atoms with Crippen LogP contribution in [0.3, 0.4) is 0 Å². The third-order valence-corrected chi connectivity index (χ3v) is 18.9. The molecule has 0 unspecified atom stereocenters. The van der Waals surface area contributed by atoms with E-state index in [9.17, 15) is 0 Å². The topological polar surface area (TPSA) is 108 Å². The maximum Gasteiger partial charge on any atom is 0.586 e. The van der Waals surface area contributed by atoms with Gasteiger partial charge in [-0.15, -0.1) is 17.6 Å². The monoisotopic (exact) mass is 974 g/mol.